The minimum Gasteiger partial charge on any atom is -0.308 e. The zero-order valence-corrected chi connectivity index (χ0v) is 21.8. The average Bonchev–Trinajstić information content (AvgIpc) is 2.98. The van der Waals surface area contributed by atoms with E-state index in [-0.39, 0.29) is 0 Å². The van der Waals surface area contributed by atoms with Crippen LogP contribution in [0.4, 0.5) is 0 Å². The third-order valence-electron chi connectivity index (χ3n) is 8.61. The van der Waals surface area contributed by atoms with Crippen LogP contribution in [0.5, 0.6) is 0 Å². The minimum atomic E-state index is 0.461. The van der Waals surface area contributed by atoms with Crippen molar-refractivity contribution in [2.75, 3.05) is 0 Å². The number of rotatable bonds is 6. The van der Waals surface area contributed by atoms with Gasteiger partial charge >= 0.3 is 0 Å². The normalized spacial score (nSPS) is 18.0. The molecule has 0 aromatic heterocycles. The Bertz CT molecular complexity index is 1510. The molecule has 6 aromatic carbocycles. The van der Waals surface area contributed by atoms with Gasteiger partial charge in [0.1, 0.15) is 0 Å². The molecule has 0 aliphatic heterocycles. The Kier molecular flexibility index (Phi) is 6.29. The van der Waals surface area contributed by atoms with E-state index in [0.29, 0.717) is 12.1 Å². The second kappa shape index (κ2) is 10.2. The summed E-state index contributed by atoms with van der Waals surface area (Å²) in [6, 6.07) is 40.9. The zero-order valence-electron chi connectivity index (χ0n) is 21.8. The first-order chi connectivity index (χ1) is 18.8. The summed E-state index contributed by atoms with van der Waals surface area (Å²) in [5, 5.41) is 18.8. The Morgan fingerprint density at radius 3 is 1.11 bits per heavy atom. The summed E-state index contributed by atoms with van der Waals surface area (Å²) < 4.78 is 0. The molecule has 1 saturated carbocycles. The fraction of sp³-hybridized carbons (Fsp3) is 0.222. The summed E-state index contributed by atoms with van der Waals surface area (Å²) in [6.45, 7) is 1.78. The predicted molar refractivity (Wildman–Crippen MR) is 163 cm³/mol. The van der Waals surface area contributed by atoms with E-state index in [1.807, 2.05) is 0 Å². The Morgan fingerprint density at radius 2 is 0.763 bits per heavy atom. The van der Waals surface area contributed by atoms with Crippen molar-refractivity contribution in [3.63, 3.8) is 0 Å². The lowest BCUT2D eigenvalue weighted by molar-refractivity contribution is 0.282. The van der Waals surface area contributed by atoms with E-state index in [1.165, 1.54) is 79.9 Å². The first-order valence-electron chi connectivity index (χ1n) is 14.1. The molecule has 0 saturated heterocycles. The van der Waals surface area contributed by atoms with Crippen LogP contribution in [0.2, 0.25) is 0 Å². The van der Waals surface area contributed by atoms with Gasteiger partial charge in [-0.25, -0.2) is 0 Å². The highest BCUT2D eigenvalue weighted by Gasteiger charge is 2.25. The Labute approximate surface area is 224 Å². The van der Waals surface area contributed by atoms with E-state index in [1.54, 1.807) is 0 Å². The van der Waals surface area contributed by atoms with E-state index in [4.69, 9.17) is 0 Å². The first-order valence-corrected chi connectivity index (χ1v) is 14.1. The molecule has 6 aromatic rings. The Hall–Kier alpha value is -3.72. The van der Waals surface area contributed by atoms with E-state index in [9.17, 15) is 0 Å². The molecular weight excluding hydrogens is 460 g/mol. The van der Waals surface area contributed by atoms with Crippen LogP contribution in [0.25, 0.3) is 43.1 Å². The van der Waals surface area contributed by atoms with Crippen molar-refractivity contribution in [2.45, 2.75) is 50.9 Å². The van der Waals surface area contributed by atoms with Crippen LogP contribution in [-0.4, -0.2) is 12.1 Å². The second-order valence-electron chi connectivity index (χ2n) is 10.9. The van der Waals surface area contributed by atoms with Crippen molar-refractivity contribution in [3.8, 4) is 0 Å². The molecular formula is C36H34N2. The molecule has 1 aliphatic rings. The third-order valence-corrected chi connectivity index (χ3v) is 8.61. The summed E-state index contributed by atoms with van der Waals surface area (Å²) in [5.74, 6) is 0. The minimum absolute atomic E-state index is 0.461. The SMILES string of the molecule is c1ccc2c(CN[C@H]3CCCC[C@H]3NCc3c4ccccc4cc4ccccc34)c3ccccc3cc2c1. The smallest absolute Gasteiger partial charge is 0.0224 e. The van der Waals surface area contributed by atoms with Crippen LogP contribution in [-0.2, 0) is 13.1 Å². The summed E-state index contributed by atoms with van der Waals surface area (Å²) in [6.07, 6.45) is 5.03. The molecule has 0 spiro atoms. The lowest BCUT2D eigenvalue weighted by Gasteiger charge is -2.34. The lowest BCUT2D eigenvalue weighted by Crippen LogP contribution is -2.49. The van der Waals surface area contributed by atoms with Crippen molar-refractivity contribution in [2.24, 2.45) is 0 Å². The largest absolute Gasteiger partial charge is 0.308 e. The summed E-state index contributed by atoms with van der Waals surface area (Å²) in [7, 11) is 0. The van der Waals surface area contributed by atoms with E-state index < -0.39 is 0 Å². The number of fused-ring (bicyclic) bond motifs is 4. The van der Waals surface area contributed by atoms with E-state index >= 15 is 0 Å². The number of nitrogens with one attached hydrogen (secondary N) is 2. The van der Waals surface area contributed by atoms with Crippen LogP contribution in [0.3, 0.4) is 0 Å². The fourth-order valence-electron chi connectivity index (χ4n) is 6.68. The van der Waals surface area contributed by atoms with Gasteiger partial charge in [-0.05, 0) is 79.2 Å². The molecule has 188 valence electrons. The monoisotopic (exact) mass is 494 g/mol. The predicted octanol–water partition coefficient (Wildman–Crippen LogP) is 8.49. The summed E-state index contributed by atoms with van der Waals surface area (Å²) in [4.78, 5) is 0. The van der Waals surface area contributed by atoms with Crippen LogP contribution in [0.1, 0.15) is 36.8 Å². The quantitative estimate of drug-likeness (QED) is 0.227. The number of benzene rings is 6. The molecule has 1 fully saturated rings. The van der Waals surface area contributed by atoms with Gasteiger partial charge < -0.3 is 10.6 Å². The molecule has 0 unspecified atom stereocenters. The topological polar surface area (TPSA) is 24.1 Å². The van der Waals surface area contributed by atoms with Crippen LogP contribution < -0.4 is 10.6 Å². The van der Waals surface area contributed by atoms with Crippen molar-refractivity contribution in [3.05, 3.63) is 120 Å². The highest BCUT2D eigenvalue weighted by molar-refractivity contribution is 6.03. The Morgan fingerprint density at radius 1 is 0.447 bits per heavy atom. The van der Waals surface area contributed by atoms with Crippen LogP contribution in [0.15, 0.2) is 109 Å². The van der Waals surface area contributed by atoms with Gasteiger partial charge in [0.2, 0.25) is 0 Å². The number of hydrogen-bond donors (Lipinski definition) is 2. The van der Waals surface area contributed by atoms with E-state index in [2.05, 4.69) is 120 Å². The average molecular weight is 495 g/mol. The lowest BCUT2D eigenvalue weighted by atomic mass is 9.89. The van der Waals surface area contributed by atoms with Crippen molar-refractivity contribution < 1.29 is 0 Å². The van der Waals surface area contributed by atoms with Gasteiger partial charge in [0.15, 0.2) is 0 Å². The molecule has 0 amide bonds. The van der Waals surface area contributed by atoms with Crippen molar-refractivity contribution in [1.29, 1.82) is 0 Å². The molecule has 38 heavy (non-hydrogen) atoms. The number of hydrogen-bond acceptors (Lipinski definition) is 2. The first kappa shape index (κ1) is 23.4. The van der Waals surface area contributed by atoms with Crippen molar-refractivity contribution in [1.82, 2.24) is 10.6 Å². The molecule has 0 radical (unpaired) electrons. The van der Waals surface area contributed by atoms with Gasteiger partial charge in [0, 0.05) is 25.2 Å². The van der Waals surface area contributed by atoms with E-state index in [0.717, 1.165) is 13.1 Å². The Balaban J connectivity index is 1.17. The van der Waals surface area contributed by atoms with Gasteiger partial charge in [0.05, 0.1) is 0 Å². The standard InChI is InChI=1S/C36H34N2/c1-5-15-29-25(11-1)21-26-12-2-6-16-30(26)33(29)23-37-35-19-9-10-20-36(35)38-24-34-31-17-7-3-13-27(31)22-28-14-4-8-18-32(28)34/h1-8,11-18,21-22,35-38H,9-10,19-20,23-24H2/t35-,36+. The fourth-order valence-corrected chi connectivity index (χ4v) is 6.68. The second-order valence-corrected chi connectivity index (χ2v) is 10.9. The van der Waals surface area contributed by atoms with Gasteiger partial charge in [-0.3, -0.25) is 0 Å². The maximum absolute atomic E-state index is 4.02. The maximum atomic E-state index is 4.02. The van der Waals surface area contributed by atoms with Gasteiger partial charge in [-0.15, -0.1) is 0 Å². The van der Waals surface area contributed by atoms with Crippen molar-refractivity contribution >= 4 is 43.1 Å². The molecule has 0 bridgehead atoms. The summed E-state index contributed by atoms with van der Waals surface area (Å²) in [5.41, 5.74) is 2.84. The summed E-state index contributed by atoms with van der Waals surface area (Å²) >= 11 is 0. The zero-order chi connectivity index (χ0) is 25.3. The third kappa shape index (κ3) is 4.34. The molecule has 1 aliphatic carbocycles. The molecule has 2 atom stereocenters. The van der Waals surface area contributed by atoms with Crippen LogP contribution >= 0.6 is 0 Å². The maximum Gasteiger partial charge on any atom is 0.0224 e. The molecule has 7 rings (SSSR count). The molecule has 2 nitrogen and oxygen atoms in total. The van der Waals surface area contributed by atoms with Gasteiger partial charge in [-0.2, -0.15) is 0 Å². The van der Waals surface area contributed by atoms with Gasteiger partial charge in [-0.1, -0.05) is 110 Å². The highest BCUT2D eigenvalue weighted by Crippen LogP contribution is 2.31. The molecule has 2 heteroatoms. The molecule has 0 heterocycles. The van der Waals surface area contributed by atoms with Gasteiger partial charge in [0.25, 0.3) is 0 Å². The molecule has 2 N–H and O–H groups in total. The van der Waals surface area contributed by atoms with Crippen LogP contribution in [0, 0.1) is 0 Å². The highest BCUT2D eigenvalue weighted by atomic mass is 15.0.